The Hall–Kier alpha value is -3.26. The van der Waals surface area contributed by atoms with Crippen LogP contribution < -0.4 is 15.0 Å². The highest BCUT2D eigenvalue weighted by Gasteiger charge is 2.34. The molecule has 8 heteroatoms. The maximum absolute atomic E-state index is 12.7. The maximum Gasteiger partial charge on any atom is 0.261 e. The zero-order chi connectivity index (χ0) is 21.8. The molecule has 1 N–H and O–H groups in total. The van der Waals surface area contributed by atoms with Crippen LogP contribution in [0.2, 0.25) is 0 Å². The van der Waals surface area contributed by atoms with Crippen LogP contribution in [0.5, 0.6) is 5.75 Å². The Morgan fingerprint density at radius 2 is 1.94 bits per heavy atom. The van der Waals surface area contributed by atoms with E-state index in [1.54, 1.807) is 18.2 Å². The maximum atomic E-state index is 12.7. The number of carbonyl (C=O) groups is 2. The minimum Gasteiger partial charge on any atom is -0.493 e. The molecule has 0 radical (unpaired) electrons. The minimum atomic E-state index is -0.298. The molecule has 1 aromatic heterocycles. The summed E-state index contributed by atoms with van der Waals surface area (Å²) in [5.74, 6) is 0.264. The highest BCUT2D eigenvalue weighted by molar-refractivity contribution is 7.15. The molecule has 3 aromatic rings. The second-order valence-electron chi connectivity index (χ2n) is 7.22. The molecule has 1 aliphatic rings. The van der Waals surface area contributed by atoms with Crippen molar-refractivity contribution in [3.05, 3.63) is 64.7 Å². The molecule has 1 fully saturated rings. The van der Waals surface area contributed by atoms with Crippen LogP contribution in [0.25, 0.3) is 0 Å². The van der Waals surface area contributed by atoms with Gasteiger partial charge >= 0.3 is 0 Å². The van der Waals surface area contributed by atoms with Gasteiger partial charge in [-0.3, -0.25) is 14.9 Å². The Kier molecular flexibility index (Phi) is 6.27. The van der Waals surface area contributed by atoms with Gasteiger partial charge < -0.3 is 9.64 Å². The van der Waals surface area contributed by atoms with Crippen LogP contribution in [0, 0.1) is 0 Å². The molecular weight excluding hydrogens is 412 g/mol. The van der Waals surface area contributed by atoms with Crippen molar-refractivity contribution in [2.45, 2.75) is 32.6 Å². The van der Waals surface area contributed by atoms with E-state index in [2.05, 4.69) is 28.5 Å². The number of ether oxygens (including phenoxy) is 1. The third kappa shape index (κ3) is 4.44. The molecule has 4 rings (SSSR count). The van der Waals surface area contributed by atoms with Gasteiger partial charge in [-0.2, -0.15) is 0 Å². The number of rotatable bonds is 7. The molecule has 7 nitrogen and oxygen atoms in total. The van der Waals surface area contributed by atoms with Crippen molar-refractivity contribution in [2.75, 3.05) is 23.4 Å². The molecule has 0 spiro atoms. The van der Waals surface area contributed by atoms with Gasteiger partial charge in [-0.05, 0) is 37.1 Å². The number of nitrogens with zero attached hydrogens (tertiary/aromatic N) is 3. The summed E-state index contributed by atoms with van der Waals surface area (Å²) in [7, 11) is 0. The molecular formula is C23H24N4O3S. The molecule has 0 aliphatic carbocycles. The number of para-hydroxylation sites is 2. The van der Waals surface area contributed by atoms with Gasteiger partial charge in [0.2, 0.25) is 11.0 Å². The van der Waals surface area contributed by atoms with Crippen molar-refractivity contribution in [3.8, 4) is 5.75 Å². The summed E-state index contributed by atoms with van der Waals surface area (Å²) in [4.78, 5) is 27.2. The Labute approximate surface area is 185 Å². The molecule has 0 unspecified atom stereocenters. The van der Waals surface area contributed by atoms with Gasteiger partial charge in [-0.25, -0.2) is 0 Å². The quantitative estimate of drug-likeness (QED) is 0.598. The largest absolute Gasteiger partial charge is 0.493 e. The molecule has 0 bridgehead atoms. The van der Waals surface area contributed by atoms with E-state index in [1.165, 1.54) is 11.3 Å². The van der Waals surface area contributed by atoms with Gasteiger partial charge in [-0.1, -0.05) is 48.6 Å². The Morgan fingerprint density at radius 3 is 2.74 bits per heavy atom. The van der Waals surface area contributed by atoms with Crippen LogP contribution in [0.3, 0.4) is 0 Å². The number of benzene rings is 2. The predicted molar refractivity (Wildman–Crippen MR) is 121 cm³/mol. The van der Waals surface area contributed by atoms with Gasteiger partial charge in [0.05, 0.1) is 12.2 Å². The first-order valence-electron chi connectivity index (χ1n) is 10.4. The van der Waals surface area contributed by atoms with Crippen molar-refractivity contribution in [1.82, 2.24) is 10.2 Å². The number of aromatic nitrogens is 2. The smallest absolute Gasteiger partial charge is 0.261 e. The normalized spacial score (nSPS) is 15.9. The van der Waals surface area contributed by atoms with Crippen LogP contribution >= 0.6 is 11.3 Å². The van der Waals surface area contributed by atoms with Crippen molar-refractivity contribution in [3.63, 3.8) is 0 Å². The lowest BCUT2D eigenvalue weighted by Crippen LogP contribution is -2.25. The molecule has 2 amide bonds. The number of aryl methyl sites for hydroxylation is 1. The lowest BCUT2D eigenvalue weighted by molar-refractivity contribution is -0.117. The van der Waals surface area contributed by atoms with Crippen molar-refractivity contribution >= 4 is 34.0 Å². The predicted octanol–water partition coefficient (Wildman–Crippen LogP) is 4.27. The van der Waals surface area contributed by atoms with E-state index < -0.39 is 0 Å². The Morgan fingerprint density at radius 1 is 1.16 bits per heavy atom. The molecule has 2 heterocycles. The zero-order valence-corrected chi connectivity index (χ0v) is 18.3. The third-order valence-electron chi connectivity index (χ3n) is 5.23. The fraction of sp³-hybridized carbons (Fsp3) is 0.304. The molecule has 31 heavy (non-hydrogen) atoms. The second-order valence-corrected chi connectivity index (χ2v) is 8.23. The summed E-state index contributed by atoms with van der Waals surface area (Å²) >= 11 is 1.31. The second kappa shape index (κ2) is 9.26. The van der Waals surface area contributed by atoms with Crippen molar-refractivity contribution < 1.29 is 14.3 Å². The fourth-order valence-electron chi connectivity index (χ4n) is 3.73. The number of amides is 2. The summed E-state index contributed by atoms with van der Waals surface area (Å²) in [6.45, 7) is 4.99. The number of hydrogen-bond acceptors (Lipinski definition) is 6. The summed E-state index contributed by atoms with van der Waals surface area (Å²) in [6, 6.07) is 15.1. The minimum absolute atomic E-state index is 0.0451. The Balaban J connectivity index is 1.47. The van der Waals surface area contributed by atoms with Crippen LogP contribution in [0.4, 0.5) is 10.8 Å². The monoisotopic (exact) mass is 436 g/mol. The van der Waals surface area contributed by atoms with Crippen LogP contribution in [0.1, 0.15) is 47.1 Å². The van der Waals surface area contributed by atoms with Gasteiger partial charge in [0, 0.05) is 24.6 Å². The highest BCUT2D eigenvalue weighted by Crippen LogP contribution is 2.35. The standard InChI is InChI=1S/C23H24N4O3S/c1-3-15-9-5-7-11-18(15)27-14-16(13-20(27)28)22-25-26-23(31-22)24-21(29)17-10-6-8-12-19(17)30-4-2/h5-12,16H,3-4,13-14H2,1-2H3,(H,24,26,29)/t16-/m0/s1. The van der Waals surface area contributed by atoms with Crippen molar-refractivity contribution in [1.29, 1.82) is 0 Å². The SMILES string of the molecule is CCOc1ccccc1C(=O)Nc1nnc([C@H]2CC(=O)N(c3ccccc3CC)C2)s1. The molecule has 1 saturated heterocycles. The molecule has 0 saturated carbocycles. The van der Waals surface area contributed by atoms with Gasteiger partial charge in [0.1, 0.15) is 10.8 Å². The van der Waals surface area contributed by atoms with E-state index in [4.69, 9.17) is 4.74 Å². The molecule has 2 aromatic carbocycles. The first-order valence-corrected chi connectivity index (χ1v) is 11.2. The first-order chi connectivity index (χ1) is 15.1. The number of carbonyl (C=O) groups excluding carboxylic acids is 2. The van der Waals surface area contributed by atoms with Crippen LogP contribution in [0.15, 0.2) is 48.5 Å². The van der Waals surface area contributed by atoms with E-state index in [9.17, 15) is 9.59 Å². The number of anilines is 2. The average Bonchev–Trinajstić information content (AvgIpc) is 3.40. The van der Waals surface area contributed by atoms with Crippen LogP contribution in [-0.4, -0.2) is 35.2 Å². The molecule has 160 valence electrons. The summed E-state index contributed by atoms with van der Waals surface area (Å²) in [5, 5.41) is 12.3. The lowest BCUT2D eigenvalue weighted by Gasteiger charge is -2.19. The molecule has 1 atom stereocenters. The third-order valence-corrected chi connectivity index (χ3v) is 6.23. The van der Waals surface area contributed by atoms with Gasteiger partial charge in [-0.15, -0.1) is 10.2 Å². The summed E-state index contributed by atoms with van der Waals surface area (Å²) in [5.41, 5.74) is 2.55. The number of nitrogens with one attached hydrogen (secondary N) is 1. The van der Waals surface area contributed by atoms with E-state index in [1.807, 2.05) is 36.1 Å². The Bertz CT molecular complexity index is 1100. The highest BCUT2D eigenvalue weighted by atomic mass is 32.1. The topological polar surface area (TPSA) is 84.4 Å². The first kappa shape index (κ1) is 21.0. The van der Waals surface area contributed by atoms with E-state index in [0.29, 0.717) is 36.0 Å². The fourth-order valence-corrected chi connectivity index (χ4v) is 4.56. The van der Waals surface area contributed by atoms with Gasteiger partial charge in [0.15, 0.2) is 0 Å². The summed E-state index contributed by atoms with van der Waals surface area (Å²) in [6.07, 6.45) is 1.25. The average molecular weight is 437 g/mol. The van der Waals surface area contributed by atoms with Gasteiger partial charge in [0.25, 0.3) is 5.91 Å². The summed E-state index contributed by atoms with van der Waals surface area (Å²) < 4.78 is 5.53. The van der Waals surface area contributed by atoms with E-state index >= 15 is 0 Å². The van der Waals surface area contributed by atoms with Crippen molar-refractivity contribution in [2.24, 2.45) is 0 Å². The zero-order valence-electron chi connectivity index (χ0n) is 17.5. The van der Waals surface area contributed by atoms with Crippen LogP contribution in [-0.2, 0) is 11.2 Å². The lowest BCUT2D eigenvalue weighted by atomic mass is 10.1. The number of hydrogen-bond donors (Lipinski definition) is 1. The van der Waals surface area contributed by atoms with E-state index in [0.717, 1.165) is 22.7 Å². The van der Waals surface area contributed by atoms with E-state index in [-0.39, 0.29) is 17.7 Å². The molecule has 1 aliphatic heterocycles.